The number of nitrogens with zero attached hydrogens (tertiary/aromatic N) is 2. The quantitative estimate of drug-likeness (QED) is 0.468. The molecule has 29 heavy (non-hydrogen) atoms. The minimum atomic E-state index is -0.703. The average Bonchev–Trinajstić information content (AvgIpc) is 2.97. The van der Waals surface area contributed by atoms with Gasteiger partial charge < -0.3 is 4.74 Å². The van der Waals surface area contributed by atoms with Crippen molar-refractivity contribution in [1.82, 2.24) is 0 Å². The molecule has 148 valence electrons. The normalized spacial score (nSPS) is 16.6. The van der Waals surface area contributed by atoms with Crippen molar-refractivity contribution in [3.63, 3.8) is 0 Å². The van der Waals surface area contributed by atoms with E-state index < -0.39 is 17.8 Å². The molecule has 0 spiro atoms. The second-order valence-electron chi connectivity index (χ2n) is 5.57. The van der Waals surface area contributed by atoms with Crippen LogP contribution < -0.4 is 4.90 Å². The molecule has 6 nitrogen and oxygen atoms in total. The molecule has 0 aromatic heterocycles. The van der Waals surface area contributed by atoms with Crippen molar-refractivity contribution in [2.75, 3.05) is 12.0 Å². The summed E-state index contributed by atoms with van der Waals surface area (Å²) in [5.41, 5.74) is 0.548. The van der Waals surface area contributed by atoms with Gasteiger partial charge in [0.2, 0.25) is 0 Å². The third kappa shape index (κ3) is 4.82. The summed E-state index contributed by atoms with van der Waals surface area (Å²) in [6.45, 7) is 0. The van der Waals surface area contributed by atoms with Gasteiger partial charge in [-0.1, -0.05) is 34.8 Å². The summed E-state index contributed by atoms with van der Waals surface area (Å²) in [6, 6.07) is 10.7. The maximum Gasteiger partial charge on any atom is 0.331 e. The molecule has 0 unspecified atom stereocenters. The Balaban J connectivity index is 2.05. The smallest absolute Gasteiger partial charge is 0.331 e. The number of methoxy groups -OCH3 is 1. The fraction of sp³-hybridized carbons (Fsp3) is 0.0526. The molecule has 1 aliphatic rings. The lowest BCUT2D eigenvalue weighted by Crippen LogP contribution is -2.29. The molecule has 10 heteroatoms. The number of esters is 1. The first-order valence-electron chi connectivity index (χ1n) is 7.95. The van der Waals surface area contributed by atoms with Gasteiger partial charge in [0, 0.05) is 16.1 Å². The molecule has 2 aromatic carbocycles. The fourth-order valence-corrected chi connectivity index (χ4v) is 3.90. The number of halogens is 3. The molecule has 3 rings (SSSR count). The van der Waals surface area contributed by atoms with Crippen LogP contribution in [0, 0.1) is 0 Å². The maximum absolute atomic E-state index is 12.8. The lowest BCUT2D eigenvalue weighted by atomic mass is 10.2. The van der Waals surface area contributed by atoms with Crippen LogP contribution >= 0.6 is 46.6 Å². The van der Waals surface area contributed by atoms with Crippen LogP contribution in [0.25, 0.3) is 0 Å². The molecular formula is C19H11Cl3N2O4S. The van der Waals surface area contributed by atoms with Gasteiger partial charge >= 0.3 is 5.97 Å². The number of carbonyl (C=O) groups excluding carboxylic acids is 3. The summed E-state index contributed by atoms with van der Waals surface area (Å²) in [7, 11) is 1.20. The number of hydrogen-bond acceptors (Lipinski definition) is 5. The number of aliphatic imine (C=N–C) groups is 1. The van der Waals surface area contributed by atoms with Gasteiger partial charge in [-0.3, -0.25) is 14.5 Å². The van der Waals surface area contributed by atoms with Gasteiger partial charge in [0.05, 0.1) is 28.3 Å². The number of anilines is 1. The van der Waals surface area contributed by atoms with Crippen molar-refractivity contribution in [3.05, 3.63) is 74.1 Å². The number of carbonyl (C=O) groups is 3. The Hall–Kier alpha value is -2.32. The first-order valence-corrected chi connectivity index (χ1v) is 9.91. The van der Waals surface area contributed by atoms with Crippen molar-refractivity contribution in [3.8, 4) is 0 Å². The van der Waals surface area contributed by atoms with Crippen molar-refractivity contribution in [2.45, 2.75) is 0 Å². The molecule has 0 N–H and O–H groups in total. The van der Waals surface area contributed by atoms with Gasteiger partial charge in [-0.25, -0.2) is 4.79 Å². The van der Waals surface area contributed by atoms with Gasteiger partial charge in [0.15, 0.2) is 5.17 Å². The molecule has 0 bridgehead atoms. The van der Waals surface area contributed by atoms with Crippen molar-refractivity contribution in [2.24, 2.45) is 4.99 Å². The highest BCUT2D eigenvalue weighted by Crippen LogP contribution is 2.36. The van der Waals surface area contributed by atoms with E-state index in [-0.39, 0.29) is 20.7 Å². The van der Waals surface area contributed by atoms with E-state index >= 15 is 0 Å². The Kier molecular flexibility index (Phi) is 6.64. The van der Waals surface area contributed by atoms with Crippen molar-refractivity contribution >= 4 is 75.2 Å². The second kappa shape index (κ2) is 9.00. The summed E-state index contributed by atoms with van der Waals surface area (Å²) < 4.78 is 4.58. The van der Waals surface area contributed by atoms with E-state index in [0.717, 1.165) is 17.8 Å². The molecule has 1 fully saturated rings. The lowest BCUT2D eigenvalue weighted by molar-refractivity contribution is -0.135. The van der Waals surface area contributed by atoms with E-state index in [4.69, 9.17) is 34.8 Å². The lowest BCUT2D eigenvalue weighted by Gasteiger charge is -2.15. The first-order chi connectivity index (χ1) is 13.8. The minimum Gasteiger partial charge on any atom is -0.466 e. The zero-order chi connectivity index (χ0) is 21.1. The third-order valence-corrected chi connectivity index (χ3v) is 5.47. The summed E-state index contributed by atoms with van der Waals surface area (Å²) in [5, 5.41) is 1.03. The van der Waals surface area contributed by atoms with Gasteiger partial charge in [0.1, 0.15) is 0 Å². The Morgan fingerprint density at radius 1 is 1.07 bits per heavy atom. The predicted octanol–water partition coefficient (Wildman–Crippen LogP) is 4.98. The fourth-order valence-electron chi connectivity index (χ4n) is 2.34. The van der Waals surface area contributed by atoms with Crippen molar-refractivity contribution in [1.29, 1.82) is 0 Å². The van der Waals surface area contributed by atoms with Crippen molar-refractivity contribution < 1.29 is 19.1 Å². The van der Waals surface area contributed by atoms with Crippen LogP contribution in [-0.4, -0.2) is 30.1 Å². The molecule has 0 saturated carbocycles. The van der Waals surface area contributed by atoms with Crippen LogP contribution in [0.3, 0.4) is 0 Å². The highest BCUT2D eigenvalue weighted by atomic mass is 35.5. The van der Waals surface area contributed by atoms with Crippen LogP contribution in [0.4, 0.5) is 5.69 Å². The number of rotatable bonds is 3. The predicted molar refractivity (Wildman–Crippen MR) is 115 cm³/mol. The van der Waals surface area contributed by atoms with Crippen LogP contribution in [-0.2, 0) is 14.3 Å². The number of amidine groups is 1. The molecule has 0 atom stereocenters. The monoisotopic (exact) mass is 468 g/mol. The van der Waals surface area contributed by atoms with E-state index in [1.54, 1.807) is 24.3 Å². The van der Waals surface area contributed by atoms with E-state index in [1.165, 1.54) is 30.2 Å². The van der Waals surface area contributed by atoms with Crippen LogP contribution in [0.2, 0.25) is 15.1 Å². The van der Waals surface area contributed by atoms with Crippen LogP contribution in [0.5, 0.6) is 0 Å². The largest absolute Gasteiger partial charge is 0.466 e. The number of benzene rings is 2. The number of thioether (sulfide) groups is 1. The number of amides is 2. The molecule has 1 heterocycles. The summed E-state index contributed by atoms with van der Waals surface area (Å²) in [6.07, 6.45) is 1.04. The van der Waals surface area contributed by atoms with Crippen LogP contribution in [0.15, 0.2) is 58.4 Å². The van der Waals surface area contributed by atoms with Gasteiger partial charge in [0.25, 0.3) is 11.8 Å². The molecular weight excluding hydrogens is 459 g/mol. The molecule has 2 aromatic rings. The van der Waals surface area contributed by atoms with E-state index in [1.807, 2.05) is 0 Å². The molecule has 2 amide bonds. The van der Waals surface area contributed by atoms with Crippen LogP contribution in [0.1, 0.15) is 10.4 Å². The number of ether oxygens (including phenoxy) is 1. The van der Waals surface area contributed by atoms with E-state index in [0.29, 0.717) is 15.7 Å². The standard InChI is InChI=1S/C19H11Cl3N2O4S/c1-28-16(25)9-15-18(27)24(12-5-2-10(20)3-6-12)19(29-15)23-17(26)13-7-4-11(21)8-14(13)22/h2-9H,1H3. The minimum absolute atomic E-state index is 0.0561. The Labute approximate surface area is 185 Å². The number of hydrogen-bond donors (Lipinski definition) is 0. The van der Waals surface area contributed by atoms with E-state index in [2.05, 4.69) is 9.73 Å². The summed E-state index contributed by atoms with van der Waals surface area (Å²) in [4.78, 5) is 42.4. The van der Waals surface area contributed by atoms with E-state index in [9.17, 15) is 14.4 Å². The van der Waals surface area contributed by atoms with Gasteiger partial charge in [-0.05, 0) is 54.2 Å². The molecule has 0 radical (unpaired) electrons. The average molecular weight is 470 g/mol. The Morgan fingerprint density at radius 2 is 1.72 bits per heavy atom. The third-order valence-electron chi connectivity index (χ3n) is 3.70. The summed E-state index contributed by atoms with van der Waals surface area (Å²) in [5.74, 6) is -1.90. The zero-order valence-electron chi connectivity index (χ0n) is 14.7. The first kappa shape index (κ1) is 21.4. The molecule has 1 aliphatic heterocycles. The summed E-state index contributed by atoms with van der Waals surface area (Å²) >= 11 is 18.7. The Morgan fingerprint density at radius 3 is 2.34 bits per heavy atom. The highest BCUT2D eigenvalue weighted by Gasteiger charge is 2.36. The molecule has 0 aliphatic carbocycles. The SMILES string of the molecule is COC(=O)C=C1SC(=NC(=O)c2ccc(Cl)cc2Cl)N(c2ccc(Cl)cc2)C1=O. The zero-order valence-corrected chi connectivity index (χ0v) is 17.8. The maximum atomic E-state index is 12.8. The topological polar surface area (TPSA) is 76.0 Å². The Bertz CT molecular complexity index is 1070. The van der Waals surface area contributed by atoms with Gasteiger partial charge in [-0.15, -0.1) is 0 Å². The highest BCUT2D eigenvalue weighted by molar-refractivity contribution is 8.19. The van der Waals surface area contributed by atoms with Gasteiger partial charge in [-0.2, -0.15) is 4.99 Å². The molecule has 1 saturated heterocycles. The second-order valence-corrected chi connectivity index (χ2v) is 7.86.